The van der Waals surface area contributed by atoms with Crippen LogP contribution in [-0.2, 0) is 19.5 Å². The Labute approximate surface area is 169 Å². The quantitative estimate of drug-likeness (QED) is 0.645. The molecule has 0 radical (unpaired) electrons. The van der Waals surface area contributed by atoms with Gasteiger partial charge in [-0.15, -0.1) is 0 Å². The molecule has 7 nitrogen and oxygen atoms in total. The molecule has 29 heavy (non-hydrogen) atoms. The van der Waals surface area contributed by atoms with E-state index in [9.17, 15) is 4.79 Å². The van der Waals surface area contributed by atoms with Crippen molar-refractivity contribution < 1.29 is 14.3 Å². The lowest BCUT2D eigenvalue weighted by molar-refractivity contribution is 0.102. The van der Waals surface area contributed by atoms with Gasteiger partial charge in [0.1, 0.15) is 0 Å². The Balaban J connectivity index is 1.40. The smallest absolute Gasteiger partial charge is 0.257 e. The number of nitrogens with zero attached hydrogens (tertiary/aromatic N) is 2. The van der Waals surface area contributed by atoms with Gasteiger partial charge in [0, 0.05) is 30.8 Å². The van der Waals surface area contributed by atoms with Crippen LogP contribution in [-0.4, -0.2) is 41.8 Å². The Hall–Kier alpha value is -3.32. The first-order valence-corrected chi connectivity index (χ1v) is 9.53. The van der Waals surface area contributed by atoms with Crippen molar-refractivity contribution in [2.45, 2.75) is 19.5 Å². The van der Waals surface area contributed by atoms with Crippen molar-refractivity contribution >= 4 is 11.7 Å². The van der Waals surface area contributed by atoms with Gasteiger partial charge in [-0.25, -0.2) is 0 Å². The van der Waals surface area contributed by atoms with E-state index in [0.717, 1.165) is 37.3 Å². The third-order valence-electron chi connectivity index (χ3n) is 5.15. The first-order valence-electron chi connectivity index (χ1n) is 9.53. The lowest BCUT2D eigenvalue weighted by atomic mass is 10.1. The van der Waals surface area contributed by atoms with Gasteiger partial charge in [-0.3, -0.25) is 14.8 Å². The minimum atomic E-state index is -0.233. The molecular formula is C22H24N4O3. The highest BCUT2D eigenvalue weighted by atomic mass is 16.5. The fourth-order valence-corrected chi connectivity index (χ4v) is 3.56. The number of aromatic amines is 1. The van der Waals surface area contributed by atoms with Crippen LogP contribution in [0, 0.1) is 0 Å². The molecule has 0 saturated carbocycles. The molecule has 0 atom stereocenters. The minimum absolute atomic E-state index is 0.233. The number of aromatic nitrogens is 2. The largest absolute Gasteiger partial charge is 0.493 e. The van der Waals surface area contributed by atoms with Crippen molar-refractivity contribution in [2.75, 3.05) is 26.1 Å². The average Bonchev–Trinajstić information content (AvgIpc) is 3.33. The second-order valence-corrected chi connectivity index (χ2v) is 7.00. The Bertz CT molecular complexity index is 1000. The zero-order valence-corrected chi connectivity index (χ0v) is 16.6. The second kappa shape index (κ2) is 8.36. The Kier molecular flexibility index (Phi) is 5.48. The molecule has 7 heteroatoms. The zero-order chi connectivity index (χ0) is 20.2. The standard InChI is InChI=1S/C22H24N4O3/c1-28-19-9-8-16(12-20(19)29-2)22(27)23-21-17-13-26(14-18(17)24-25-21)11-10-15-6-4-3-5-7-15/h3-9,12H,10-11,13-14H2,1-2H3,(H2,23,24,25,27). The van der Waals surface area contributed by atoms with Gasteiger partial charge in [-0.1, -0.05) is 30.3 Å². The monoisotopic (exact) mass is 392 g/mol. The Morgan fingerprint density at radius 2 is 1.90 bits per heavy atom. The third-order valence-corrected chi connectivity index (χ3v) is 5.15. The summed E-state index contributed by atoms with van der Waals surface area (Å²) in [6, 6.07) is 15.5. The van der Waals surface area contributed by atoms with Crippen molar-refractivity contribution in [2.24, 2.45) is 0 Å². The van der Waals surface area contributed by atoms with Crippen molar-refractivity contribution in [3.05, 3.63) is 70.9 Å². The number of rotatable bonds is 7. The fraction of sp³-hybridized carbons (Fsp3) is 0.273. The molecule has 2 heterocycles. The molecule has 2 aromatic carbocycles. The predicted molar refractivity (Wildman–Crippen MR) is 110 cm³/mol. The van der Waals surface area contributed by atoms with Gasteiger partial charge in [-0.05, 0) is 30.2 Å². The maximum atomic E-state index is 12.7. The molecule has 3 aromatic rings. The molecule has 0 bridgehead atoms. The molecule has 150 valence electrons. The van der Waals surface area contributed by atoms with E-state index >= 15 is 0 Å². The van der Waals surface area contributed by atoms with Crippen LogP contribution in [0.25, 0.3) is 0 Å². The van der Waals surface area contributed by atoms with Crippen LogP contribution >= 0.6 is 0 Å². The summed E-state index contributed by atoms with van der Waals surface area (Å²) in [5.41, 5.74) is 3.91. The highest BCUT2D eigenvalue weighted by Crippen LogP contribution is 2.30. The number of nitrogens with one attached hydrogen (secondary N) is 2. The summed E-state index contributed by atoms with van der Waals surface area (Å²) in [4.78, 5) is 15.0. The van der Waals surface area contributed by atoms with E-state index in [1.165, 1.54) is 5.56 Å². The molecule has 0 spiro atoms. The van der Waals surface area contributed by atoms with E-state index in [1.54, 1.807) is 32.4 Å². The highest BCUT2D eigenvalue weighted by Gasteiger charge is 2.25. The number of benzene rings is 2. The molecule has 0 aliphatic carbocycles. The normalized spacial score (nSPS) is 13.2. The van der Waals surface area contributed by atoms with E-state index in [-0.39, 0.29) is 5.91 Å². The molecular weight excluding hydrogens is 368 g/mol. The molecule has 1 aromatic heterocycles. The maximum absolute atomic E-state index is 12.7. The molecule has 2 N–H and O–H groups in total. The Morgan fingerprint density at radius 1 is 1.10 bits per heavy atom. The summed E-state index contributed by atoms with van der Waals surface area (Å²) in [7, 11) is 3.11. The first-order chi connectivity index (χ1) is 14.2. The molecule has 4 rings (SSSR count). The van der Waals surface area contributed by atoms with Gasteiger partial charge in [0.2, 0.25) is 0 Å². The lowest BCUT2D eigenvalue weighted by Gasteiger charge is -2.15. The minimum Gasteiger partial charge on any atom is -0.493 e. The molecule has 1 aliphatic rings. The predicted octanol–water partition coefficient (Wildman–Crippen LogP) is 3.24. The van der Waals surface area contributed by atoms with E-state index in [2.05, 4.69) is 44.7 Å². The number of anilines is 1. The van der Waals surface area contributed by atoms with Crippen LogP contribution in [0.2, 0.25) is 0 Å². The lowest BCUT2D eigenvalue weighted by Crippen LogP contribution is -2.20. The third kappa shape index (κ3) is 4.09. The SMILES string of the molecule is COc1ccc(C(=O)Nc2n[nH]c3c2CN(CCc2ccccc2)C3)cc1OC. The summed E-state index contributed by atoms with van der Waals surface area (Å²) in [6.07, 6.45) is 0.992. The molecule has 1 amide bonds. The summed E-state index contributed by atoms with van der Waals surface area (Å²) < 4.78 is 10.5. The number of carbonyl (C=O) groups is 1. The maximum Gasteiger partial charge on any atom is 0.257 e. The number of hydrogen-bond donors (Lipinski definition) is 2. The Morgan fingerprint density at radius 3 is 2.66 bits per heavy atom. The molecule has 1 aliphatic heterocycles. The second-order valence-electron chi connectivity index (χ2n) is 7.00. The van der Waals surface area contributed by atoms with Crippen LogP contribution in [0.1, 0.15) is 27.2 Å². The molecule has 0 fully saturated rings. The summed E-state index contributed by atoms with van der Waals surface area (Å²) in [5.74, 6) is 1.45. The van der Waals surface area contributed by atoms with E-state index in [0.29, 0.717) is 22.9 Å². The fourth-order valence-electron chi connectivity index (χ4n) is 3.56. The average molecular weight is 392 g/mol. The van der Waals surface area contributed by atoms with Gasteiger partial charge in [0.15, 0.2) is 17.3 Å². The van der Waals surface area contributed by atoms with E-state index in [4.69, 9.17) is 9.47 Å². The van der Waals surface area contributed by atoms with Crippen LogP contribution in [0.3, 0.4) is 0 Å². The summed E-state index contributed by atoms with van der Waals surface area (Å²) >= 11 is 0. The number of hydrogen-bond acceptors (Lipinski definition) is 5. The van der Waals surface area contributed by atoms with Crippen molar-refractivity contribution in [1.82, 2.24) is 15.1 Å². The number of methoxy groups -OCH3 is 2. The van der Waals surface area contributed by atoms with Gasteiger partial charge < -0.3 is 14.8 Å². The number of H-pyrrole nitrogens is 1. The molecule has 0 saturated heterocycles. The molecule has 0 unspecified atom stereocenters. The van der Waals surface area contributed by atoms with Gasteiger partial charge in [-0.2, -0.15) is 5.10 Å². The topological polar surface area (TPSA) is 79.5 Å². The highest BCUT2D eigenvalue weighted by molar-refractivity contribution is 6.04. The van der Waals surface area contributed by atoms with Crippen molar-refractivity contribution in [3.63, 3.8) is 0 Å². The summed E-state index contributed by atoms with van der Waals surface area (Å²) in [6.45, 7) is 2.53. The van der Waals surface area contributed by atoms with Crippen molar-refractivity contribution in [1.29, 1.82) is 0 Å². The van der Waals surface area contributed by atoms with E-state index < -0.39 is 0 Å². The van der Waals surface area contributed by atoms with Gasteiger partial charge in [0.05, 0.1) is 19.9 Å². The summed E-state index contributed by atoms with van der Waals surface area (Å²) in [5, 5.41) is 10.3. The first kappa shape index (κ1) is 19.0. The number of fused-ring (bicyclic) bond motifs is 1. The van der Waals surface area contributed by atoms with Gasteiger partial charge in [0.25, 0.3) is 5.91 Å². The number of amides is 1. The van der Waals surface area contributed by atoms with Crippen LogP contribution < -0.4 is 14.8 Å². The number of ether oxygens (including phenoxy) is 2. The number of carbonyl (C=O) groups excluding carboxylic acids is 1. The zero-order valence-electron chi connectivity index (χ0n) is 16.6. The van der Waals surface area contributed by atoms with Crippen LogP contribution in [0.5, 0.6) is 11.5 Å². The van der Waals surface area contributed by atoms with E-state index in [1.807, 2.05) is 6.07 Å². The van der Waals surface area contributed by atoms with Gasteiger partial charge >= 0.3 is 0 Å². The van der Waals surface area contributed by atoms with Crippen LogP contribution in [0.15, 0.2) is 48.5 Å². The van der Waals surface area contributed by atoms with Crippen LogP contribution in [0.4, 0.5) is 5.82 Å². The van der Waals surface area contributed by atoms with Crippen molar-refractivity contribution in [3.8, 4) is 11.5 Å².